The number of hydrogen-bond donors (Lipinski definition) is 2. The van der Waals surface area contributed by atoms with Gasteiger partial charge < -0.3 is 20.1 Å². The molecule has 0 aromatic heterocycles. The van der Waals surface area contributed by atoms with Gasteiger partial charge in [-0.15, -0.1) is 0 Å². The first-order valence-corrected chi connectivity index (χ1v) is 10.8. The molecular formula is C24H31N3O4. The van der Waals surface area contributed by atoms with E-state index in [9.17, 15) is 9.59 Å². The molecule has 166 valence electrons. The molecule has 1 aliphatic heterocycles. The van der Waals surface area contributed by atoms with Crippen molar-refractivity contribution in [2.75, 3.05) is 43.5 Å². The van der Waals surface area contributed by atoms with Gasteiger partial charge in [-0.1, -0.05) is 32.9 Å². The van der Waals surface area contributed by atoms with Crippen molar-refractivity contribution in [2.24, 2.45) is 0 Å². The molecule has 0 saturated heterocycles. The van der Waals surface area contributed by atoms with Gasteiger partial charge >= 0.3 is 0 Å². The number of nitrogens with zero attached hydrogens (tertiary/aromatic N) is 1. The molecule has 31 heavy (non-hydrogen) atoms. The normalized spacial score (nSPS) is 13.5. The van der Waals surface area contributed by atoms with Crippen LogP contribution in [0.25, 0.3) is 0 Å². The van der Waals surface area contributed by atoms with Gasteiger partial charge in [0.25, 0.3) is 0 Å². The topological polar surface area (TPSA) is 79.9 Å². The number of ether oxygens (including phenoxy) is 2. The van der Waals surface area contributed by atoms with Crippen LogP contribution < -0.4 is 20.1 Å². The summed E-state index contributed by atoms with van der Waals surface area (Å²) in [6, 6.07) is 13.2. The molecule has 0 bridgehead atoms. The number of hydrogen-bond acceptors (Lipinski definition) is 5. The van der Waals surface area contributed by atoms with Gasteiger partial charge in [-0.2, -0.15) is 0 Å². The lowest BCUT2D eigenvalue weighted by molar-refractivity contribution is -0.119. The average Bonchev–Trinajstić information content (AvgIpc) is 2.78. The molecule has 2 aromatic rings. The highest BCUT2D eigenvalue weighted by Crippen LogP contribution is 2.32. The monoisotopic (exact) mass is 425 g/mol. The molecule has 2 aromatic carbocycles. The average molecular weight is 426 g/mol. The standard InChI is InChI=1S/C24H31N3O4/c1-4-17(3)18-6-8-19(9-7-18)25-23(28)15-27(5-2)16-24(29)26-20-10-11-21-22(14-20)31-13-12-30-21/h6-11,14,17H,4-5,12-13,15-16H2,1-3H3,(H,25,28)(H,26,29)/t17-/m0/s1. The molecule has 7 nitrogen and oxygen atoms in total. The zero-order chi connectivity index (χ0) is 22.2. The molecule has 1 aliphatic rings. The van der Waals surface area contributed by atoms with E-state index in [4.69, 9.17) is 9.47 Å². The van der Waals surface area contributed by atoms with Crippen LogP contribution in [0.5, 0.6) is 11.5 Å². The predicted molar refractivity (Wildman–Crippen MR) is 122 cm³/mol. The third kappa shape index (κ3) is 6.46. The quantitative estimate of drug-likeness (QED) is 0.638. The SMILES string of the molecule is CC[C@H](C)c1ccc(NC(=O)CN(CC)CC(=O)Nc2ccc3c(c2)OCCO3)cc1. The van der Waals surface area contributed by atoms with Gasteiger partial charge in [0.15, 0.2) is 11.5 Å². The van der Waals surface area contributed by atoms with E-state index in [0.29, 0.717) is 42.9 Å². The molecule has 3 rings (SSSR count). The molecule has 7 heteroatoms. The molecule has 0 fully saturated rings. The molecule has 2 amide bonds. The van der Waals surface area contributed by atoms with Crippen molar-refractivity contribution in [1.29, 1.82) is 0 Å². The zero-order valence-electron chi connectivity index (χ0n) is 18.4. The van der Waals surface area contributed by atoms with Crippen LogP contribution in [0.15, 0.2) is 42.5 Å². The molecule has 0 saturated carbocycles. The summed E-state index contributed by atoms with van der Waals surface area (Å²) < 4.78 is 11.0. The van der Waals surface area contributed by atoms with Crippen LogP contribution in [0.4, 0.5) is 11.4 Å². The lowest BCUT2D eigenvalue weighted by atomic mass is 9.99. The number of benzene rings is 2. The van der Waals surface area contributed by atoms with Gasteiger partial charge in [0.2, 0.25) is 11.8 Å². The molecular weight excluding hydrogens is 394 g/mol. The number of amides is 2. The lowest BCUT2D eigenvalue weighted by Gasteiger charge is -2.21. The summed E-state index contributed by atoms with van der Waals surface area (Å²) in [6.45, 7) is 8.11. The Morgan fingerprint density at radius 2 is 1.48 bits per heavy atom. The molecule has 1 heterocycles. The van der Waals surface area contributed by atoms with Crippen LogP contribution in [0.1, 0.15) is 38.7 Å². The second-order valence-corrected chi connectivity index (χ2v) is 7.69. The van der Waals surface area contributed by atoms with E-state index in [0.717, 1.165) is 12.1 Å². The van der Waals surface area contributed by atoms with Gasteiger partial charge in [0, 0.05) is 17.4 Å². The van der Waals surface area contributed by atoms with E-state index in [1.54, 1.807) is 23.1 Å². The van der Waals surface area contributed by atoms with Crippen LogP contribution in [-0.2, 0) is 9.59 Å². The summed E-state index contributed by atoms with van der Waals surface area (Å²) >= 11 is 0. The number of rotatable bonds is 9. The van der Waals surface area contributed by atoms with Crippen LogP contribution in [0.2, 0.25) is 0 Å². The zero-order valence-corrected chi connectivity index (χ0v) is 18.4. The van der Waals surface area contributed by atoms with Gasteiger partial charge in [-0.25, -0.2) is 0 Å². The molecule has 0 spiro atoms. The fourth-order valence-corrected chi connectivity index (χ4v) is 3.34. The maximum atomic E-state index is 12.5. The van der Waals surface area contributed by atoms with Crippen molar-refractivity contribution < 1.29 is 19.1 Å². The highest BCUT2D eigenvalue weighted by Gasteiger charge is 2.16. The number of anilines is 2. The first-order valence-electron chi connectivity index (χ1n) is 10.8. The molecule has 0 radical (unpaired) electrons. The van der Waals surface area contributed by atoms with E-state index in [1.165, 1.54) is 5.56 Å². The van der Waals surface area contributed by atoms with Crippen LogP contribution in [-0.4, -0.2) is 49.6 Å². The fourth-order valence-electron chi connectivity index (χ4n) is 3.34. The van der Waals surface area contributed by atoms with E-state index in [-0.39, 0.29) is 24.9 Å². The Balaban J connectivity index is 1.50. The third-order valence-electron chi connectivity index (χ3n) is 5.38. The van der Waals surface area contributed by atoms with E-state index in [1.807, 2.05) is 31.2 Å². The van der Waals surface area contributed by atoms with Crippen LogP contribution in [0.3, 0.4) is 0 Å². The van der Waals surface area contributed by atoms with E-state index in [2.05, 4.69) is 24.5 Å². The summed E-state index contributed by atoms with van der Waals surface area (Å²) in [5.41, 5.74) is 2.65. The number of carbonyl (C=O) groups is 2. The highest BCUT2D eigenvalue weighted by molar-refractivity contribution is 5.94. The summed E-state index contributed by atoms with van der Waals surface area (Å²) in [4.78, 5) is 26.7. The Labute approximate surface area is 183 Å². The summed E-state index contributed by atoms with van der Waals surface area (Å²) in [7, 11) is 0. The van der Waals surface area contributed by atoms with Crippen LogP contribution in [0, 0.1) is 0 Å². The largest absolute Gasteiger partial charge is 0.486 e. The smallest absolute Gasteiger partial charge is 0.238 e. The first kappa shape index (κ1) is 22.6. The Hall–Kier alpha value is -3.06. The third-order valence-corrected chi connectivity index (χ3v) is 5.38. The summed E-state index contributed by atoms with van der Waals surface area (Å²) in [6.07, 6.45) is 1.07. The Kier molecular flexibility index (Phi) is 7.89. The lowest BCUT2D eigenvalue weighted by Crippen LogP contribution is -2.38. The van der Waals surface area contributed by atoms with Crippen molar-refractivity contribution in [3.8, 4) is 11.5 Å². The second kappa shape index (κ2) is 10.8. The second-order valence-electron chi connectivity index (χ2n) is 7.69. The van der Waals surface area contributed by atoms with Crippen molar-refractivity contribution in [3.05, 3.63) is 48.0 Å². The molecule has 0 aliphatic carbocycles. The van der Waals surface area contributed by atoms with Gasteiger partial charge in [-0.3, -0.25) is 14.5 Å². The Bertz CT molecular complexity index is 898. The van der Waals surface area contributed by atoms with Crippen molar-refractivity contribution in [1.82, 2.24) is 4.90 Å². The van der Waals surface area contributed by atoms with Crippen LogP contribution >= 0.6 is 0 Å². The fraction of sp³-hybridized carbons (Fsp3) is 0.417. The first-order chi connectivity index (χ1) is 15.0. The highest BCUT2D eigenvalue weighted by atomic mass is 16.6. The summed E-state index contributed by atoms with van der Waals surface area (Å²) in [5, 5.41) is 5.76. The van der Waals surface area contributed by atoms with Crippen molar-refractivity contribution in [3.63, 3.8) is 0 Å². The maximum Gasteiger partial charge on any atom is 0.238 e. The minimum absolute atomic E-state index is 0.116. The number of nitrogens with one attached hydrogen (secondary N) is 2. The summed E-state index contributed by atoms with van der Waals surface area (Å²) in [5.74, 6) is 1.45. The Morgan fingerprint density at radius 3 is 2.10 bits per heavy atom. The molecule has 1 atom stereocenters. The number of fused-ring (bicyclic) bond motifs is 1. The number of likely N-dealkylation sites (N-methyl/N-ethyl adjacent to an activating group) is 1. The van der Waals surface area contributed by atoms with Gasteiger partial charge in [0.1, 0.15) is 13.2 Å². The Morgan fingerprint density at radius 1 is 0.903 bits per heavy atom. The molecule has 2 N–H and O–H groups in total. The van der Waals surface area contributed by atoms with Gasteiger partial charge in [-0.05, 0) is 48.7 Å². The molecule has 0 unspecified atom stereocenters. The predicted octanol–water partition coefficient (Wildman–Crippen LogP) is 3.87. The van der Waals surface area contributed by atoms with Gasteiger partial charge in [0.05, 0.1) is 13.1 Å². The van der Waals surface area contributed by atoms with Crippen molar-refractivity contribution >= 4 is 23.2 Å². The van der Waals surface area contributed by atoms with Crippen molar-refractivity contribution in [2.45, 2.75) is 33.1 Å². The minimum atomic E-state index is -0.191. The minimum Gasteiger partial charge on any atom is -0.486 e. The van der Waals surface area contributed by atoms with E-state index < -0.39 is 0 Å². The van der Waals surface area contributed by atoms with E-state index >= 15 is 0 Å². The number of carbonyl (C=O) groups excluding carboxylic acids is 2. The maximum absolute atomic E-state index is 12.5.